The normalized spacial score (nSPS) is 12.5. The number of hydrogen-bond acceptors (Lipinski definition) is 7. The molecule has 1 aromatic carbocycles. The fourth-order valence-corrected chi connectivity index (χ4v) is 3.03. The highest BCUT2D eigenvalue weighted by Crippen LogP contribution is 2.28. The molecule has 0 aromatic heterocycles. The lowest BCUT2D eigenvalue weighted by Crippen LogP contribution is -2.53. The zero-order valence-corrected chi connectivity index (χ0v) is 19.7. The van der Waals surface area contributed by atoms with Crippen LogP contribution in [0.25, 0.3) is 0 Å². The molecule has 0 bridgehead atoms. The van der Waals surface area contributed by atoms with Crippen molar-refractivity contribution in [3.05, 3.63) is 34.9 Å². The molecular weight excluding hydrogens is 430 g/mol. The summed E-state index contributed by atoms with van der Waals surface area (Å²) in [5, 5.41) is 14.4. The molecule has 10 nitrogen and oxygen atoms in total. The maximum Gasteiger partial charge on any atom is 0.408 e. The van der Waals surface area contributed by atoms with Crippen LogP contribution in [0.2, 0.25) is 0 Å². The number of aliphatic hydroxyl groups excluding tert-OH is 1. The Morgan fingerprint density at radius 3 is 2.21 bits per heavy atom. The van der Waals surface area contributed by atoms with Crippen LogP contribution in [0.3, 0.4) is 0 Å². The van der Waals surface area contributed by atoms with Gasteiger partial charge in [0, 0.05) is 6.04 Å². The van der Waals surface area contributed by atoms with Crippen molar-refractivity contribution >= 4 is 23.9 Å². The quantitative estimate of drug-likeness (QED) is 0.298. The number of carbonyl (C=O) groups is 4. The smallest absolute Gasteiger partial charge is 0.408 e. The molecule has 0 heterocycles. The molecule has 3 N–H and O–H groups in total. The van der Waals surface area contributed by atoms with Crippen molar-refractivity contribution in [2.75, 3.05) is 20.3 Å². The number of hydrogen-bond donors (Lipinski definition) is 3. The Bertz CT molecular complexity index is 911. The van der Waals surface area contributed by atoms with E-state index in [1.54, 1.807) is 52.8 Å². The van der Waals surface area contributed by atoms with E-state index in [2.05, 4.69) is 21.4 Å². The summed E-state index contributed by atoms with van der Waals surface area (Å²) in [5.41, 5.74) is 0.942. The summed E-state index contributed by atoms with van der Waals surface area (Å²) in [6.45, 7) is 7.16. The molecular formula is C23H31N3O7. The Morgan fingerprint density at radius 2 is 1.76 bits per heavy atom. The van der Waals surface area contributed by atoms with Crippen LogP contribution in [0.15, 0.2) is 18.2 Å². The molecule has 3 amide bonds. The minimum atomic E-state index is -1.48. The number of amides is 3. The van der Waals surface area contributed by atoms with Gasteiger partial charge in [0.2, 0.25) is 5.91 Å². The lowest BCUT2D eigenvalue weighted by atomic mass is 9.94. The zero-order valence-electron chi connectivity index (χ0n) is 19.7. The number of alkyl carbamates (subject to hydrolysis) is 1. The van der Waals surface area contributed by atoms with Crippen molar-refractivity contribution in [2.24, 2.45) is 0 Å². The maximum atomic E-state index is 13.2. The zero-order chi connectivity index (χ0) is 25.3. The van der Waals surface area contributed by atoms with Gasteiger partial charge in [0.1, 0.15) is 24.2 Å². The number of esters is 1. The van der Waals surface area contributed by atoms with E-state index < -0.39 is 54.7 Å². The molecule has 10 heteroatoms. The number of nitrogens with one attached hydrogen (secondary N) is 2. The van der Waals surface area contributed by atoms with E-state index in [-0.39, 0.29) is 0 Å². The minimum Gasteiger partial charge on any atom is -0.468 e. The maximum absolute atomic E-state index is 13.2. The fraction of sp³-hybridized carbons (Fsp3) is 0.478. The van der Waals surface area contributed by atoms with E-state index in [9.17, 15) is 24.3 Å². The monoisotopic (exact) mass is 461 g/mol. The molecule has 180 valence electrons. The first-order chi connectivity index (χ1) is 15.4. The van der Waals surface area contributed by atoms with Crippen LogP contribution < -0.4 is 10.6 Å². The number of ether oxygens (including phenoxy) is 2. The average molecular weight is 462 g/mol. The van der Waals surface area contributed by atoms with Crippen LogP contribution in [-0.4, -0.2) is 65.8 Å². The predicted molar refractivity (Wildman–Crippen MR) is 120 cm³/mol. The molecule has 0 radical (unpaired) electrons. The van der Waals surface area contributed by atoms with Crippen molar-refractivity contribution < 1.29 is 33.8 Å². The van der Waals surface area contributed by atoms with Crippen LogP contribution in [-0.2, 0) is 23.9 Å². The van der Waals surface area contributed by atoms with Crippen molar-refractivity contribution in [3.8, 4) is 12.5 Å². The first kappa shape index (κ1) is 27.5. The summed E-state index contributed by atoms with van der Waals surface area (Å²) in [7, 11) is 1.17. The van der Waals surface area contributed by atoms with Gasteiger partial charge >= 0.3 is 12.1 Å². The Labute approximate surface area is 193 Å². The van der Waals surface area contributed by atoms with Crippen molar-refractivity contribution in [2.45, 2.75) is 52.3 Å². The number of carbonyl (C=O) groups excluding carboxylic acids is 4. The number of aliphatic hydroxyl groups is 1. The van der Waals surface area contributed by atoms with Gasteiger partial charge in [0.05, 0.1) is 13.7 Å². The summed E-state index contributed by atoms with van der Waals surface area (Å²) in [5.74, 6) is -2.34. The fourth-order valence-electron chi connectivity index (χ4n) is 3.03. The molecule has 2 atom stereocenters. The molecule has 0 aliphatic heterocycles. The van der Waals surface area contributed by atoms with Gasteiger partial charge in [-0.25, -0.2) is 4.79 Å². The molecule has 33 heavy (non-hydrogen) atoms. The lowest BCUT2D eigenvalue weighted by Gasteiger charge is -2.31. The SMILES string of the molecule is C#CN(C(=O)C(CO)NC(=O)OC(C)(C)C)C(C(=O)NCC(=O)OC)c1c(C)cccc1C. The second-order valence-electron chi connectivity index (χ2n) is 8.22. The van der Waals surface area contributed by atoms with Crippen LogP contribution in [0.5, 0.6) is 0 Å². The lowest BCUT2D eigenvalue weighted by molar-refractivity contribution is -0.143. The number of nitrogens with zero attached hydrogens (tertiary/aromatic N) is 1. The van der Waals surface area contributed by atoms with E-state index in [0.29, 0.717) is 16.7 Å². The summed E-state index contributed by atoms with van der Waals surface area (Å²) < 4.78 is 9.67. The van der Waals surface area contributed by atoms with Crippen LogP contribution >= 0.6 is 0 Å². The Hall–Kier alpha value is -3.58. The van der Waals surface area contributed by atoms with Gasteiger partial charge in [-0.2, -0.15) is 0 Å². The third-order valence-corrected chi connectivity index (χ3v) is 4.50. The largest absolute Gasteiger partial charge is 0.468 e. The van der Waals surface area contributed by atoms with E-state index in [1.807, 2.05) is 0 Å². The van der Waals surface area contributed by atoms with Gasteiger partial charge in [-0.1, -0.05) is 24.6 Å². The van der Waals surface area contributed by atoms with Crippen LogP contribution in [0.1, 0.15) is 43.5 Å². The summed E-state index contributed by atoms with van der Waals surface area (Å²) >= 11 is 0. The second-order valence-corrected chi connectivity index (χ2v) is 8.22. The first-order valence-corrected chi connectivity index (χ1v) is 10.2. The van der Waals surface area contributed by atoms with Gasteiger partial charge in [-0.15, -0.1) is 0 Å². The molecule has 0 fully saturated rings. The van der Waals surface area contributed by atoms with E-state index >= 15 is 0 Å². The third-order valence-electron chi connectivity index (χ3n) is 4.50. The highest BCUT2D eigenvalue weighted by molar-refractivity contribution is 5.94. The number of benzene rings is 1. The topological polar surface area (TPSA) is 134 Å². The second kappa shape index (κ2) is 11.9. The molecule has 0 saturated carbocycles. The van der Waals surface area contributed by atoms with Crippen LogP contribution in [0, 0.1) is 26.3 Å². The highest BCUT2D eigenvalue weighted by atomic mass is 16.6. The molecule has 1 rings (SSSR count). The van der Waals surface area contributed by atoms with E-state index in [4.69, 9.17) is 11.2 Å². The van der Waals surface area contributed by atoms with Gasteiger partial charge in [-0.3, -0.25) is 19.3 Å². The molecule has 1 aromatic rings. The summed E-state index contributed by atoms with van der Waals surface area (Å²) in [6, 6.07) is 4.62. The summed E-state index contributed by atoms with van der Waals surface area (Å²) in [4.78, 5) is 50.8. The standard InChI is InChI=1S/C23H31N3O7/c1-8-26(21(30)16(13-27)25-22(31)33-23(4,5)6)19(20(29)24-12-17(28)32-7)18-14(2)10-9-11-15(18)3/h1,9-11,16,19,27H,12-13H2,2-7H3,(H,24,29)(H,25,31). The highest BCUT2D eigenvalue weighted by Gasteiger charge is 2.37. The molecule has 0 aliphatic rings. The molecule has 0 aliphatic carbocycles. The summed E-state index contributed by atoms with van der Waals surface area (Å²) in [6.07, 6.45) is 4.68. The third kappa shape index (κ3) is 7.80. The Balaban J connectivity index is 3.36. The number of aryl methyl sites for hydroxylation is 2. The average Bonchev–Trinajstić information content (AvgIpc) is 2.73. The van der Waals surface area contributed by atoms with E-state index in [1.165, 1.54) is 7.11 Å². The van der Waals surface area contributed by atoms with Gasteiger partial charge < -0.3 is 25.2 Å². The van der Waals surface area contributed by atoms with Gasteiger partial charge in [0.15, 0.2) is 0 Å². The van der Waals surface area contributed by atoms with E-state index in [0.717, 1.165) is 4.90 Å². The van der Waals surface area contributed by atoms with Gasteiger partial charge in [0.25, 0.3) is 5.91 Å². The van der Waals surface area contributed by atoms with Gasteiger partial charge in [-0.05, 0) is 51.3 Å². The Kier molecular flexibility index (Phi) is 9.88. The van der Waals surface area contributed by atoms with Crippen molar-refractivity contribution in [1.82, 2.24) is 15.5 Å². The predicted octanol–water partition coefficient (Wildman–Crippen LogP) is 0.939. The number of methoxy groups -OCH3 is 1. The molecule has 2 unspecified atom stereocenters. The Morgan fingerprint density at radius 1 is 1.18 bits per heavy atom. The number of terminal acetylenes is 1. The van der Waals surface area contributed by atoms with Crippen LogP contribution in [0.4, 0.5) is 4.79 Å². The van der Waals surface area contributed by atoms with Crippen molar-refractivity contribution in [3.63, 3.8) is 0 Å². The number of rotatable bonds is 8. The minimum absolute atomic E-state index is 0.442. The van der Waals surface area contributed by atoms with Crippen molar-refractivity contribution in [1.29, 1.82) is 0 Å². The molecule has 0 spiro atoms. The molecule has 0 saturated heterocycles. The first-order valence-electron chi connectivity index (χ1n) is 10.2.